The zero-order valence-corrected chi connectivity index (χ0v) is 14.6. The molecular weight excluding hydrogens is 294 g/mol. The first-order valence-electron chi connectivity index (χ1n) is 7.86. The fourth-order valence-corrected chi connectivity index (χ4v) is 1.99. The van der Waals surface area contributed by atoms with E-state index < -0.39 is 0 Å². The lowest BCUT2D eigenvalue weighted by atomic mass is 10.1. The first-order valence-corrected chi connectivity index (χ1v) is 7.86. The van der Waals surface area contributed by atoms with Crippen molar-refractivity contribution in [2.75, 3.05) is 32.6 Å². The molecule has 1 aromatic rings. The average Bonchev–Trinajstić information content (AvgIpc) is 2.46. The van der Waals surface area contributed by atoms with Crippen molar-refractivity contribution in [2.45, 2.75) is 26.8 Å². The topological polar surface area (TPSA) is 71.9 Å². The molecule has 3 N–H and O–H groups in total. The highest BCUT2D eigenvalue weighted by atomic mass is 16.5. The lowest BCUT2D eigenvalue weighted by Gasteiger charge is -2.19. The van der Waals surface area contributed by atoms with E-state index in [1.54, 1.807) is 19.2 Å². The van der Waals surface area contributed by atoms with Crippen LogP contribution >= 0.6 is 0 Å². The minimum Gasteiger partial charge on any atom is -0.497 e. The largest absolute Gasteiger partial charge is 0.497 e. The highest BCUT2D eigenvalue weighted by Gasteiger charge is 2.17. The van der Waals surface area contributed by atoms with Gasteiger partial charge in [0.2, 0.25) is 0 Å². The Morgan fingerprint density at radius 1 is 1.17 bits per heavy atom. The van der Waals surface area contributed by atoms with Gasteiger partial charge in [0.1, 0.15) is 5.75 Å². The summed E-state index contributed by atoms with van der Waals surface area (Å²) >= 11 is 0. The van der Waals surface area contributed by atoms with E-state index in [0.29, 0.717) is 17.4 Å². The number of nitrogens with one attached hydrogen (secondary N) is 3. The van der Waals surface area contributed by atoms with Crippen molar-refractivity contribution in [3.63, 3.8) is 0 Å². The van der Waals surface area contributed by atoms with Gasteiger partial charge in [-0.1, -0.05) is 19.9 Å². The van der Waals surface area contributed by atoms with Crippen LogP contribution in [0, 0.1) is 5.92 Å². The maximum Gasteiger partial charge on any atom is 0.279 e. The van der Waals surface area contributed by atoms with Crippen LogP contribution < -0.4 is 20.3 Å². The number of likely N-dealkylation sites (N-methyl/N-ethyl adjacent to an activating group) is 1. The number of anilines is 1. The van der Waals surface area contributed by atoms with Crippen LogP contribution in [0.4, 0.5) is 5.69 Å². The van der Waals surface area contributed by atoms with Crippen LogP contribution in [-0.4, -0.2) is 45.1 Å². The molecule has 128 valence electrons. The number of carbonyl (C=O) groups is 2. The number of ether oxygens (including phenoxy) is 1. The predicted octanol–water partition coefficient (Wildman–Crippen LogP) is 0.309. The molecule has 1 unspecified atom stereocenters. The number of benzene rings is 1. The Kier molecular flexibility index (Phi) is 7.54. The van der Waals surface area contributed by atoms with E-state index in [0.717, 1.165) is 4.90 Å². The molecule has 0 aliphatic rings. The number of hydrogen-bond acceptors (Lipinski definition) is 3. The minimum atomic E-state index is -0.138. The standard InChI is InChI=1S/C17H27N3O3/c1-12(2)13(3)18-16(21)10-20(4)11-17(22)19-14-7-6-8-15(9-14)23-5/h6-9,12-13H,10-11H2,1-5H3,(H,18,21)(H,19,22)/p+1/t13-/m1/s1. The summed E-state index contributed by atoms with van der Waals surface area (Å²) in [6.07, 6.45) is 0. The van der Waals surface area contributed by atoms with E-state index >= 15 is 0 Å². The Bertz CT molecular complexity index is 532. The van der Waals surface area contributed by atoms with E-state index in [9.17, 15) is 9.59 Å². The van der Waals surface area contributed by atoms with E-state index in [4.69, 9.17) is 4.74 Å². The van der Waals surface area contributed by atoms with Crippen LogP contribution in [0.15, 0.2) is 24.3 Å². The van der Waals surface area contributed by atoms with E-state index in [1.165, 1.54) is 0 Å². The summed E-state index contributed by atoms with van der Waals surface area (Å²) in [5.74, 6) is 0.888. The molecule has 2 atom stereocenters. The van der Waals surface area contributed by atoms with Crippen molar-refractivity contribution in [1.29, 1.82) is 0 Å². The molecule has 0 heterocycles. The Labute approximate surface area is 138 Å². The number of methoxy groups -OCH3 is 1. The molecule has 6 heteroatoms. The molecule has 23 heavy (non-hydrogen) atoms. The maximum absolute atomic E-state index is 12.0. The van der Waals surface area contributed by atoms with Gasteiger partial charge in [-0.25, -0.2) is 0 Å². The second-order valence-corrected chi connectivity index (χ2v) is 6.19. The molecule has 1 rings (SSSR count). The fraction of sp³-hybridized carbons (Fsp3) is 0.529. The number of hydrogen-bond donors (Lipinski definition) is 3. The zero-order chi connectivity index (χ0) is 17.4. The highest BCUT2D eigenvalue weighted by molar-refractivity contribution is 5.91. The quantitative estimate of drug-likeness (QED) is 0.645. The Morgan fingerprint density at radius 2 is 1.83 bits per heavy atom. The Balaban J connectivity index is 2.42. The molecule has 2 amide bonds. The van der Waals surface area contributed by atoms with Crippen molar-refractivity contribution in [3.8, 4) is 5.75 Å². The molecule has 0 bridgehead atoms. The summed E-state index contributed by atoms with van der Waals surface area (Å²) in [6, 6.07) is 7.30. The van der Waals surface area contributed by atoms with Crippen LogP contribution in [0.2, 0.25) is 0 Å². The highest BCUT2D eigenvalue weighted by Crippen LogP contribution is 2.16. The summed E-state index contributed by atoms with van der Waals surface area (Å²) < 4.78 is 5.12. The van der Waals surface area contributed by atoms with E-state index in [1.807, 2.05) is 26.1 Å². The summed E-state index contributed by atoms with van der Waals surface area (Å²) in [7, 11) is 3.40. The third-order valence-electron chi connectivity index (χ3n) is 3.67. The van der Waals surface area contributed by atoms with Gasteiger partial charge in [0.25, 0.3) is 11.8 Å². The normalized spacial score (nSPS) is 13.3. The summed E-state index contributed by atoms with van der Waals surface area (Å²) in [5.41, 5.74) is 0.681. The number of amides is 2. The van der Waals surface area contributed by atoms with E-state index in [2.05, 4.69) is 24.5 Å². The van der Waals surface area contributed by atoms with Crippen LogP contribution in [0.3, 0.4) is 0 Å². The SMILES string of the molecule is COc1cccc(NC(=O)C[NH+](C)CC(=O)N[C@H](C)C(C)C)c1. The molecule has 0 spiro atoms. The van der Waals surface area contributed by atoms with Crippen molar-refractivity contribution in [3.05, 3.63) is 24.3 Å². The number of rotatable bonds is 8. The van der Waals surface area contributed by atoms with Gasteiger partial charge in [0.05, 0.1) is 14.2 Å². The fourth-order valence-electron chi connectivity index (χ4n) is 1.99. The summed E-state index contributed by atoms with van der Waals surface area (Å²) in [6.45, 7) is 6.59. The van der Waals surface area contributed by atoms with Crippen molar-refractivity contribution in [1.82, 2.24) is 5.32 Å². The molecule has 1 aromatic carbocycles. The van der Waals surface area contributed by atoms with Gasteiger partial charge in [-0.2, -0.15) is 0 Å². The number of carbonyl (C=O) groups excluding carboxylic acids is 2. The van der Waals surface area contributed by atoms with Crippen LogP contribution in [0.5, 0.6) is 5.75 Å². The molecule has 6 nitrogen and oxygen atoms in total. The Morgan fingerprint density at radius 3 is 2.43 bits per heavy atom. The Hall–Kier alpha value is -2.08. The van der Waals surface area contributed by atoms with Crippen molar-refractivity contribution >= 4 is 17.5 Å². The summed E-state index contributed by atoms with van der Waals surface area (Å²) in [5, 5.41) is 5.75. The van der Waals surface area contributed by atoms with E-state index in [-0.39, 0.29) is 30.9 Å². The van der Waals surface area contributed by atoms with Gasteiger partial charge in [-0.15, -0.1) is 0 Å². The molecule has 0 radical (unpaired) electrons. The first-order chi connectivity index (χ1) is 10.8. The van der Waals surface area contributed by atoms with Gasteiger partial charge in [0.15, 0.2) is 13.1 Å². The van der Waals surface area contributed by atoms with Gasteiger partial charge in [-0.3, -0.25) is 9.59 Å². The first kappa shape index (κ1) is 19.0. The molecule has 0 saturated heterocycles. The van der Waals surface area contributed by atoms with Crippen molar-refractivity contribution in [2.24, 2.45) is 5.92 Å². The smallest absolute Gasteiger partial charge is 0.279 e. The van der Waals surface area contributed by atoms with Crippen LogP contribution in [0.1, 0.15) is 20.8 Å². The van der Waals surface area contributed by atoms with Crippen molar-refractivity contribution < 1.29 is 19.2 Å². The molecule has 0 fully saturated rings. The molecule has 0 saturated carbocycles. The van der Waals surface area contributed by atoms with Gasteiger partial charge in [-0.05, 0) is 25.0 Å². The molecule has 0 aromatic heterocycles. The average molecular weight is 322 g/mol. The lowest BCUT2D eigenvalue weighted by molar-refractivity contribution is -0.862. The predicted molar refractivity (Wildman–Crippen MR) is 90.7 cm³/mol. The third kappa shape index (κ3) is 7.15. The third-order valence-corrected chi connectivity index (χ3v) is 3.67. The molecule has 0 aliphatic carbocycles. The second-order valence-electron chi connectivity index (χ2n) is 6.19. The zero-order valence-electron chi connectivity index (χ0n) is 14.6. The van der Waals surface area contributed by atoms with Gasteiger partial charge < -0.3 is 20.3 Å². The number of quaternary nitrogens is 1. The summed E-state index contributed by atoms with van der Waals surface area (Å²) in [4.78, 5) is 24.8. The van der Waals surface area contributed by atoms with Gasteiger partial charge >= 0.3 is 0 Å². The monoisotopic (exact) mass is 322 g/mol. The lowest BCUT2D eigenvalue weighted by Crippen LogP contribution is -3.11. The molecule has 0 aliphatic heterocycles. The maximum atomic E-state index is 12.0. The van der Waals surface area contributed by atoms with Crippen LogP contribution in [0.25, 0.3) is 0 Å². The minimum absolute atomic E-state index is 0.0436. The molecular formula is C17H28N3O3+. The second kappa shape index (κ2) is 9.15. The van der Waals surface area contributed by atoms with Gasteiger partial charge in [0, 0.05) is 17.8 Å². The van der Waals surface area contributed by atoms with Crippen LogP contribution in [-0.2, 0) is 9.59 Å².